The van der Waals surface area contributed by atoms with Gasteiger partial charge in [-0.25, -0.2) is 0 Å². The van der Waals surface area contributed by atoms with Gasteiger partial charge in [0.05, 0.1) is 18.8 Å². The molecule has 0 radical (unpaired) electrons. The molecule has 4 nitrogen and oxygen atoms in total. The van der Waals surface area contributed by atoms with Gasteiger partial charge in [0.25, 0.3) is 0 Å². The summed E-state index contributed by atoms with van der Waals surface area (Å²) in [5.74, 6) is 0.356. The summed E-state index contributed by atoms with van der Waals surface area (Å²) in [5, 5.41) is 10.5. The molecule has 2 aliphatic heterocycles. The summed E-state index contributed by atoms with van der Waals surface area (Å²) < 4.78 is 5.52. The molecule has 0 aromatic heterocycles. The van der Waals surface area contributed by atoms with Crippen LogP contribution < -0.4 is 5.73 Å². The van der Waals surface area contributed by atoms with E-state index in [-0.39, 0.29) is 11.8 Å². The maximum atomic E-state index is 10.5. The van der Waals surface area contributed by atoms with Gasteiger partial charge in [0.1, 0.15) is 0 Å². The molecule has 4 heteroatoms. The van der Waals surface area contributed by atoms with Crippen LogP contribution in [0.5, 0.6) is 0 Å². The lowest BCUT2D eigenvalue weighted by atomic mass is 9.72. The molecule has 15 heavy (non-hydrogen) atoms. The van der Waals surface area contributed by atoms with Gasteiger partial charge in [0.2, 0.25) is 0 Å². The van der Waals surface area contributed by atoms with E-state index in [0.717, 1.165) is 13.1 Å². The van der Waals surface area contributed by atoms with Crippen LogP contribution in [0.1, 0.15) is 13.8 Å². The summed E-state index contributed by atoms with van der Waals surface area (Å²) in [7, 11) is 0. The van der Waals surface area contributed by atoms with Crippen LogP contribution in [-0.4, -0.2) is 54.5 Å². The number of aliphatic hydroxyl groups is 1. The molecular weight excluding hydrogens is 192 g/mol. The standard InChI is InChI=1S/C11H22N2O2/c1-8(2)13-3-9-5-15-6-10(4-13)11(9,14)7-12/h8-10,14H,3-7,12H2,1-2H3. The lowest BCUT2D eigenvalue weighted by Gasteiger charge is -2.53. The van der Waals surface area contributed by atoms with E-state index in [9.17, 15) is 5.11 Å². The Balaban J connectivity index is 2.15. The van der Waals surface area contributed by atoms with Crippen molar-refractivity contribution in [2.45, 2.75) is 25.5 Å². The Kier molecular flexibility index (Phi) is 3.03. The predicted molar refractivity (Wildman–Crippen MR) is 58.5 cm³/mol. The van der Waals surface area contributed by atoms with E-state index >= 15 is 0 Å². The molecule has 0 amide bonds. The van der Waals surface area contributed by atoms with Crippen molar-refractivity contribution >= 4 is 0 Å². The van der Waals surface area contributed by atoms with Crippen molar-refractivity contribution in [3.63, 3.8) is 0 Å². The number of hydrogen-bond donors (Lipinski definition) is 2. The van der Waals surface area contributed by atoms with Crippen molar-refractivity contribution in [2.24, 2.45) is 17.6 Å². The first-order chi connectivity index (χ1) is 7.08. The quantitative estimate of drug-likeness (QED) is 0.660. The summed E-state index contributed by atoms with van der Waals surface area (Å²) in [6, 6.07) is 0.537. The van der Waals surface area contributed by atoms with Crippen molar-refractivity contribution in [3.8, 4) is 0 Å². The van der Waals surface area contributed by atoms with Gasteiger partial charge in [-0.15, -0.1) is 0 Å². The van der Waals surface area contributed by atoms with Gasteiger partial charge in [-0.3, -0.25) is 4.90 Å². The van der Waals surface area contributed by atoms with Crippen molar-refractivity contribution in [1.82, 2.24) is 4.90 Å². The van der Waals surface area contributed by atoms with Gasteiger partial charge in [0.15, 0.2) is 0 Å². The lowest BCUT2D eigenvalue weighted by Crippen LogP contribution is -2.67. The van der Waals surface area contributed by atoms with E-state index in [1.54, 1.807) is 0 Å². The van der Waals surface area contributed by atoms with Crippen LogP contribution in [0.15, 0.2) is 0 Å². The van der Waals surface area contributed by atoms with Crippen LogP contribution in [0.4, 0.5) is 0 Å². The van der Waals surface area contributed by atoms with E-state index in [4.69, 9.17) is 10.5 Å². The smallest absolute Gasteiger partial charge is 0.0893 e. The van der Waals surface area contributed by atoms with Crippen LogP contribution in [0.3, 0.4) is 0 Å². The number of likely N-dealkylation sites (tertiary alicyclic amines) is 1. The molecule has 2 unspecified atom stereocenters. The largest absolute Gasteiger partial charge is 0.388 e. The maximum Gasteiger partial charge on any atom is 0.0893 e. The minimum atomic E-state index is -0.691. The SMILES string of the molecule is CC(C)N1CC2COCC(C1)C2(O)CN. The Labute approximate surface area is 91.4 Å². The number of ether oxygens (including phenoxy) is 1. The Morgan fingerprint density at radius 3 is 2.33 bits per heavy atom. The molecule has 2 saturated heterocycles. The zero-order chi connectivity index (χ0) is 11.1. The second-order valence-electron chi connectivity index (χ2n) is 5.17. The van der Waals surface area contributed by atoms with E-state index in [1.807, 2.05) is 0 Å². The van der Waals surface area contributed by atoms with Gasteiger partial charge >= 0.3 is 0 Å². The van der Waals surface area contributed by atoms with Gasteiger partial charge in [-0.05, 0) is 13.8 Å². The van der Waals surface area contributed by atoms with Crippen molar-refractivity contribution in [3.05, 3.63) is 0 Å². The molecule has 0 aromatic rings. The van der Waals surface area contributed by atoms with Crippen molar-refractivity contribution in [1.29, 1.82) is 0 Å². The summed E-state index contributed by atoms with van der Waals surface area (Å²) >= 11 is 0. The average molecular weight is 214 g/mol. The van der Waals surface area contributed by atoms with Crippen LogP contribution in [0.2, 0.25) is 0 Å². The van der Waals surface area contributed by atoms with Crippen molar-refractivity contribution in [2.75, 3.05) is 32.8 Å². The van der Waals surface area contributed by atoms with E-state index in [2.05, 4.69) is 18.7 Å². The Morgan fingerprint density at radius 2 is 1.93 bits per heavy atom. The van der Waals surface area contributed by atoms with Gasteiger partial charge < -0.3 is 15.6 Å². The first-order valence-electron chi connectivity index (χ1n) is 5.82. The highest BCUT2D eigenvalue weighted by atomic mass is 16.5. The average Bonchev–Trinajstić information content (AvgIpc) is 2.16. The molecule has 88 valence electrons. The number of fused-ring (bicyclic) bond motifs is 2. The fourth-order valence-electron chi connectivity index (χ4n) is 2.79. The topological polar surface area (TPSA) is 58.7 Å². The monoisotopic (exact) mass is 214 g/mol. The van der Waals surface area contributed by atoms with Gasteiger partial charge in [-0.2, -0.15) is 0 Å². The molecule has 0 aromatic carbocycles. The fourth-order valence-corrected chi connectivity index (χ4v) is 2.79. The van der Waals surface area contributed by atoms with E-state index in [1.165, 1.54) is 0 Å². The number of hydrogen-bond acceptors (Lipinski definition) is 4. The Bertz CT molecular complexity index is 219. The summed E-state index contributed by atoms with van der Waals surface area (Å²) in [6.45, 7) is 7.86. The number of piperidine rings is 1. The Morgan fingerprint density at radius 1 is 1.40 bits per heavy atom. The van der Waals surface area contributed by atoms with E-state index < -0.39 is 5.60 Å². The number of nitrogens with two attached hydrogens (primary N) is 1. The highest BCUT2D eigenvalue weighted by molar-refractivity contribution is 5.02. The van der Waals surface area contributed by atoms with Crippen LogP contribution in [-0.2, 0) is 4.74 Å². The normalized spacial score (nSPS) is 42.2. The third kappa shape index (κ3) is 1.80. The molecule has 2 bridgehead atoms. The predicted octanol–water partition coefficient (Wildman–Crippen LogP) is -0.337. The summed E-state index contributed by atoms with van der Waals surface area (Å²) in [6.07, 6.45) is 0. The molecule has 2 fully saturated rings. The van der Waals surface area contributed by atoms with E-state index in [0.29, 0.717) is 25.8 Å². The molecule has 0 aliphatic carbocycles. The number of nitrogens with zero attached hydrogens (tertiary/aromatic N) is 1. The Hall–Kier alpha value is -0.160. The molecule has 3 N–H and O–H groups in total. The molecule has 2 heterocycles. The highest BCUT2D eigenvalue weighted by Gasteiger charge is 2.50. The minimum absolute atomic E-state index is 0.178. The second kappa shape index (κ2) is 4.01. The molecular formula is C11H22N2O2. The van der Waals surface area contributed by atoms with Crippen molar-refractivity contribution < 1.29 is 9.84 Å². The molecule has 0 spiro atoms. The highest BCUT2D eigenvalue weighted by Crippen LogP contribution is 2.36. The van der Waals surface area contributed by atoms with Crippen LogP contribution in [0.25, 0.3) is 0 Å². The lowest BCUT2D eigenvalue weighted by molar-refractivity contribution is -0.189. The van der Waals surface area contributed by atoms with Crippen LogP contribution >= 0.6 is 0 Å². The molecule has 2 atom stereocenters. The minimum Gasteiger partial charge on any atom is -0.388 e. The zero-order valence-electron chi connectivity index (χ0n) is 9.65. The third-order valence-electron chi connectivity index (χ3n) is 4.02. The summed E-state index contributed by atoms with van der Waals surface area (Å²) in [5.41, 5.74) is 5.03. The first-order valence-corrected chi connectivity index (χ1v) is 5.82. The summed E-state index contributed by atoms with van der Waals surface area (Å²) in [4.78, 5) is 2.42. The first kappa shape index (κ1) is 11.3. The molecule has 0 saturated carbocycles. The third-order valence-corrected chi connectivity index (χ3v) is 4.02. The van der Waals surface area contributed by atoms with Gasteiger partial charge in [-0.1, -0.05) is 0 Å². The van der Waals surface area contributed by atoms with Gasteiger partial charge in [0, 0.05) is 37.5 Å². The second-order valence-corrected chi connectivity index (χ2v) is 5.17. The fraction of sp³-hybridized carbons (Fsp3) is 1.00. The zero-order valence-corrected chi connectivity index (χ0v) is 9.65. The molecule has 2 aliphatic rings. The maximum absolute atomic E-state index is 10.5. The van der Waals surface area contributed by atoms with Crippen LogP contribution in [0, 0.1) is 11.8 Å². The molecule has 2 rings (SSSR count). The number of rotatable bonds is 2.